The van der Waals surface area contributed by atoms with E-state index in [4.69, 9.17) is 11.6 Å². The predicted octanol–water partition coefficient (Wildman–Crippen LogP) is 3.69. The fraction of sp³-hybridized carbons (Fsp3) is 0.167. The van der Waals surface area contributed by atoms with E-state index in [0.29, 0.717) is 21.8 Å². The Morgan fingerprint density at radius 2 is 1.72 bits per heavy atom. The van der Waals surface area contributed by atoms with Crippen LogP contribution in [0, 0.1) is 0 Å². The van der Waals surface area contributed by atoms with E-state index in [2.05, 4.69) is 5.32 Å². The third kappa shape index (κ3) is 3.55. The topological polar surface area (TPSA) is 66.5 Å². The van der Waals surface area contributed by atoms with Crippen LogP contribution in [-0.4, -0.2) is 34.9 Å². The molecule has 0 aromatic heterocycles. The second-order valence-corrected chi connectivity index (χ2v) is 7.48. The summed E-state index contributed by atoms with van der Waals surface area (Å²) in [6.45, 7) is 1.80. The second kappa shape index (κ2) is 6.90. The Labute approximate surface area is 154 Å². The van der Waals surface area contributed by atoms with Crippen molar-refractivity contribution in [1.82, 2.24) is 4.90 Å². The first-order chi connectivity index (χ1) is 11.9. The van der Waals surface area contributed by atoms with E-state index in [9.17, 15) is 14.4 Å². The molecule has 0 radical (unpaired) electrons. The summed E-state index contributed by atoms with van der Waals surface area (Å²) in [5.41, 5.74) is 1.15. The molecule has 128 valence electrons. The van der Waals surface area contributed by atoms with Crippen LogP contribution in [0.4, 0.5) is 5.69 Å². The van der Waals surface area contributed by atoms with Crippen LogP contribution in [0.15, 0.2) is 47.4 Å². The van der Waals surface area contributed by atoms with E-state index in [1.165, 1.54) is 24.9 Å². The van der Waals surface area contributed by atoms with Crippen LogP contribution in [0.3, 0.4) is 0 Å². The lowest BCUT2D eigenvalue weighted by Gasteiger charge is -2.12. The van der Waals surface area contributed by atoms with Crippen molar-refractivity contribution in [3.05, 3.63) is 58.6 Å². The number of imide groups is 1. The lowest BCUT2D eigenvalue weighted by Crippen LogP contribution is -2.24. The number of carbonyl (C=O) groups excluding carboxylic acids is 3. The molecule has 7 heteroatoms. The van der Waals surface area contributed by atoms with E-state index in [1.54, 1.807) is 31.2 Å². The maximum Gasteiger partial charge on any atom is 0.261 e. The highest BCUT2D eigenvalue weighted by molar-refractivity contribution is 8.00. The molecule has 1 aliphatic heterocycles. The van der Waals surface area contributed by atoms with Crippen molar-refractivity contribution in [3.63, 3.8) is 0 Å². The molecule has 1 N–H and O–H groups in total. The summed E-state index contributed by atoms with van der Waals surface area (Å²) >= 11 is 7.26. The van der Waals surface area contributed by atoms with Crippen LogP contribution in [0.25, 0.3) is 0 Å². The summed E-state index contributed by atoms with van der Waals surface area (Å²) in [5.74, 6) is -0.880. The lowest BCUT2D eigenvalue weighted by molar-refractivity contribution is -0.115. The number of hydrogen-bond donors (Lipinski definition) is 1. The summed E-state index contributed by atoms with van der Waals surface area (Å²) in [6.07, 6.45) is 0. The van der Waals surface area contributed by atoms with Crippen molar-refractivity contribution >= 4 is 46.8 Å². The van der Waals surface area contributed by atoms with Crippen molar-refractivity contribution in [1.29, 1.82) is 0 Å². The molecule has 1 heterocycles. The summed E-state index contributed by atoms with van der Waals surface area (Å²) in [6, 6.07) is 12.0. The monoisotopic (exact) mass is 374 g/mol. The van der Waals surface area contributed by atoms with Gasteiger partial charge in [-0.25, -0.2) is 0 Å². The van der Waals surface area contributed by atoms with Crippen molar-refractivity contribution in [2.75, 3.05) is 12.4 Å². The molecule has 3 rings (SSSR count). The van der Waals surface area contributed by atoms with E-state index in [-0.39, 0.29) is 23.0 Å². The Hall–Kier alpha value is -2.31. The van der Waals surface area contributed by atoms with Crippen molar-refractivity contribution in [2.45, 2.75) is 17.1 Å². The quantitative estimate of drug-likeness (QED) is 0.654. The maximum atomic E-state index is 12.4. The Morgan fingerprint density at radius 1 is 1.08 bits per heavy atom. The molecule has 1 unspecified atom stereocenters. The van der Waals surface area contributed by atoms with Gasteiger partial charge >= 0.3 is 0 Å². The first-order valence-corrected chi connectivity index (χ1v) is 8.82. The van der Waals surface area contributed by atoms with Crippen molar-refractivity contribution in [3.8, 4) is 0 Å². The molecule has 0 spiro atoms. The van der Waals surface area contributed by atoms with Gasteiger partial charge in [0.25, 0.3) is 11.8 Å². The fourth-order valence-corrected chi connectivity index (χ4v) is 3.45. The molecule has 1 aliphatic rings. The fourth-order valence-electron chi connectivity index (χ4n) is 2.45. The summed E-state index contributed by atoms with van der Waals surface area (Å²) in [4.78, 5) is 38.3. The smallest absolute Gasteiger partial charge is 0.261 e. The predicted molar refractivity (Wildman–Crippen MR) is 98.3 cm³/mol. The van der Waals surface area contributed by atoms with E-state index in [1.807, 2.05) is 12.1 Å². The molecule has 0 saturated heterocycles. The second-order valence-electron chi connectivity index (χ2n) is 5.63. The normalized spacial score (nSPS) is 14.4. The standard InChI is InChI=1S/C18H15ClN2O3S/c1-10(25-13-6-3-11(19)4-7-13)16(22)20-12-5-8-14-15(9-12)18(24)21(2)17(14)23/h3-10H,1-2H3,(H,20,22). The Morgan fingerprint density at radius 3 is 2.40 bits per heavy atom. The molecule has 0 fully saturated rings. The number of thioether (sulfide) groups is 1. The molecule has 3 amide bonds. The highest BCUT2D eigenvalue weighted by atomic mass is 35.5. The molecule has 0 saturated carbocycles. The number of nitrogens with zero attached hydrogens (tertiary/aromatic N) is 1. The molecule has 0 bridgehead atoms. The van der Waals surface area contributed by atoms with E-state index >= 15 is 0 Å². The molecule has 25 heavy (non-hydrogen) atoms. The summed E-state index contributed by atoms with van der Waals surface area (Å²) < 4.78 is 0. The van der Waals surface area contributed by atoms with E-state index < -0.39 is 0 Å². The Kier molecular flexibility index (Phi) is 4.83. The minimum Gasteiger partial charge on any atom is -0.325 e. The van der Waals surface area contributed by atoms with E-state index in [0.717, 1.165) is 9.80 Å². The third-order valence-electron chi connectivity index (χ3n) is 3.85. The molecule has 2 aromatic rings. The van der Waals surface area contributed by atoms with Gasteiger partial charge in [-0.1, -0.05) is 11.6 Å². The number of hydrogen-bond acceptors (Lipinski definition) is 4. The molecule has 2 aromatic carbocycles. The van der Waals surface area contributed by atoms with Crippen LogP contribution >= 0.6 is 23.4 Å². The summed E-state index contributed by atoms with van der Waals surface area (Å²) in [5, 5.41) is 3.09. The lowest BCUT2D eigenvalue weighted by atomic mass is 10.1. The zero-order valence-electron chi connectivity index (χ0n) is 13.6. The first kappa shape index (κ1) is 17.5. The SMILES string of the molecule is CC(Sc1ccc(Cl)cc1)C(=O)Nc1ccc2c(c1)C(=O)N(C)C2=O. The van der Waals surface area contributed by atoms with Crippen LogP contribution < -0.4 is 5.32 Å². The number of halogens is 1. The molecule has 0 aliphatic carbocycles. The largest absolute Gasteiger partial charge is 0.325 e. The minimum atomic E-state index is -0.361. The number of fused-ring (bicyclic) bond motifs is 1. The number of carbonyl (C=O) groups is 3. The highest BCUT2D eigenvalue weighted by Gasteiger charge is 2.32. The average Bonchev–Trinajstić information content (AvgIpc) is 2.81. The molecular weight excluding hydrogens is 360 g/mol. The van der Waals surface area contributed by atoms with Gasteiger partial charge in [0, 0.05) is 22.7 Å². The number of benzene rings is 2. The third-order valence-corrected chi connectivity index (χ3v) is 5.22. The Bertz CT molecular complexity index is 867. The molecule has 1 atom stereocenters. The van der Waals surface area contributed by atoms with Crippen molar-refractivity contribution in [2.24, 2.45) is 0 Å². The molecule has 5 nitrogen and oxygen atoms in total. The van der Waals surface area contributed by atoms with Crippen LogP contribution in [-0.2, 0) is 4.79 Å². The number of amides is 3. The minimum absolute atomic E-state index is 0.190. The van der Waals surface area contributed by atoms with Gasteiger partial charge in [0.15, 0.2) is 0 Å². The van der Waals surface area contributed by atoms with Crippen LogP contribution in [0.5, 0.6) is 0 Å². The zero-order valence-corrected chi connectivity index (χ0v) is 15.1. The van der Waals surface area contributed by atoms with Gasteiger partial charge in [0.2, 0.25) is 5.91 Å². The van der Waals surface area contributed by atoms with Gasteiger partial charge in [-0.15, -0.1) is 11.8 Å². The maximum absolute atomic E-state index is 12.4. The van der Waals surface area contributed by atoms with Gasteiger partial charge in [0.1, 0.15) is 0 Å². The van der Waals surface area contributed by atoms with Gasteiger partial charge in [-0.2, -0.15) is 0 Å². The van der Waals surface area contributed by atoms with Crippen LogP contribution in [0.1, 0.15) is 27.6 Å². The number of rotatable bonds is 4. The average molecular weight is 375 g/mol. The van der Waals surface area contributed by atoms with Gasteiger partial charge in [-0.05, 0) is 49.4 Å². The highest BCUT2D eigenvalue weighted by Crippen LogP contribution is 2.27. The summed E-state index contributed by atoms with van der Waals surface area (Å²) in [7, 11) is 1.44. The first-order valence-electron chi connectivity index (χ1n) is 7.56. The van der Waals surface area contributed by atoms with Gasteiger partial charge < -0.3 is 5.32 Å². The molecular formula is C18H15ClN2O3S. The Balaban J connectivity index is 1.70. The van der Waals surface area contributed by atoms with Crippen molar-refractivity contribution < 1.29 is 14.4 Å². The number of anilines is 1. The van der Waals surface area contributed by atoms with Gasteiger partial charge in [0.05, 0.1) is 16.4 Å². The number of nitrogens with one attached hydrogen (secondary N) is 1. The van der Waals surface area contributed by atoms with Gasteiger partial charge in [-0.3, -0.25) is 19.3 Å². The van der Waals surface area contributed by atoms with Crippen LogP contribution in [0.2, 0.25) is 5.02 Å². The zero-order chi connectivity index (χ0) is 18.1.